The Hall–Kier alpha value is -6.38. The topological polar surface area (TPSA) is 9.86 Å². The molecule has 1 aliphatic carbocycles. The smallest absolute Gasteiger partial charge is 0.0541 e. The Balaban J connectivity index is 1.12. The normalized spacial score (nSPS) is 12.2. The van der Waals surface area contributed by atoms with Crippen LogP contribution in [-0.2, 0) is 0 Å². The van der Waals surface area contributed by atoms with Gasteiger partial charge in [0.15, 0.2) is 0 Å². The van der Waals surface area contributed by atoms with Gasteiger partial charge in [0.2, 0.25) is 0 Å². The molecule has 1 aliphatic rings. The Morgan fingerprint density at radius 1 is 0.292 bits per heavy atom. The average molecular weight is 609 g/mol. The second-order valence-corrected chi connectivity index (χ2v) is 12.9. The third-order valence-corrected chi connectivity index (χ3v) is 10.4. The van der Waals surface area contributed by atoms with Crippen molar-refractivity contribution in [2.45, 2.75) is 0 Å². The number of hydrogen-bond donors (Lipinski definition) is 0. The molecule has 0 aliphatic heterocycles. The highest BCUT2D eigenvalue weighted by molar-refractivity contribution is 6.17. The summed E-state index contributed by atoms with van der Waals surface area (Å²) in [6, 6.07) is 62.5. The summed E-state index contributed by atoms with van der Waals surface area (Å²) in [7, 11) is 0. The van der Waals surface area contributed by atoms with Crippen molar-refractivity contribution >= 4 is 54.4 Å². The number of aromatic nitrogens is 2. The van der Waals surface area contributed by atoms with Crippen molar-refractivity contribution in [3.05, 3.63) is 170 Å². The predicted octanol–water partition coefficient (Wildman–Crippen LogP) is 12.3. The van der Waals surface area contributed by atoms with E-state index in [1.54, 1.807) is 0 Å². The van der Waals surface area contributed by atoms with E-state index in [1.807, 2.05) is 0 Å². The highest BCUT2D eigenvalue weighted by Gasteiger charge is 2.23. The van der Waals surface area contributed by atoms with E-state index in [-0.39, 0.29) is 0 Å². The van der Waals surface area contributed by atoms with Gasteiger partial charge in [-0.15, -0.1) is 0 Å². The molecule has 0 spiro atoms. The lowest BCUT2D eigenvalue weighted by Gasteiger charge is -2.12. The molecule has 0 fully saturated rings. The van der Waals surface area contributed by atoms with Gasteiger partial charge in [-0.25, -0.2) is 0 Å². The molecule has 48 heavy (non-hydrogen) atoms. The number of benzene rings is 8. The van der Waals surface area contributed by atoms with Gasteiger partial charge in [-0.05, 0) is 105 Å². The highest BCUT2D eigenvalue weighted by Crippen LogP contribution is 2.48. The molecule has 8 aromatic carbocycles. The van der Waals surface area contributed by atoms with Crippen LogP contribution in [0.2, 0.25) is 0 Å². The van der Waals surface area contributed by atoms with Crippen LogP contribution in [0.5, 0.6) is 0 Å². The van der Waals surface area contributed by atoms with E-state index in [0.717, 1.165) is 0 Å². The van der Waals surface area contributed by atoms with Gasteiger partial charge in [-0.1, -0.05) is 109 Å². The van der Waals surface area contributed by atoms with Crippen molar-refractivity contribution in [1.29, 1.82) is 0 Å². The van der Waals surface area contributed by atoms with E-state index in [4.69, 9.17) is 0 Å². The summed E-state index contributed by atoms with van der Waals surface area (Å²) >= 11 is 0. The molecule has 0 saturated heterocycles. The fourth-order valence-corrected chi connectivity index (χ4v) is 8.37. The molecule has 0 radical (unpaired) electrons. The number of hydrogen-bond acceptors (Lipinski definition) is 0. The molecule has 2 heterocycles. The Labute approximate surface area is 277 Å². The molecule has 11 rings (SSSR count). The monoisotopic (exact) mass is 608 g/mol. The van der Waals surface area contributed by atoms with Crippen molar-refractivity contribution in [1.82, 2.24) is 9.13 Å². The summed E-state index contributed by atoms with van der Waals surface area (Å²) in [5.74, 6) is 0. The summed E-state index contributed by atoms with van der Waals surface area (Å²) in [5.41, 5.74) is 15.0. The van der Waals surface area contributed by atoms with Crippen molar-refractivity contribution in [2.75, 3.05) is 0 Å². The Bertz CT molecular complexity index is 2940. The molecule has 10 aromatic rings. The lowest BCUT2D eigenvalue weighted by Crippen LogP contribution is -1.95. The summed E-state index contributed by atoms with van der Waals surface area (Å²) < 4.78 is 4.83. The molecule has 0 bridgehead atoms. The first-order chi connectivity index (χ1) is 23.8. The number of fused-ring (bicyclic) bond motifs is 9. The Morgan fingerprint density at radius 2 is 0.812 bits per heavy atom. The summed E-state index contributed by atoms with van der Waals surface area (Å²) in [6.07, 6.45) is 0. The summed E-state index contributed by atoms with van der Waals surface area (Å²) in [4.78, 5) is 0. The number of para-hydroxylation sites is 3. The first-order valence-electron chi connectivity index (χ1n) is 16.6. The molecule has 0 unspecified atom stereocenters. The first-order valence-corrected chi connectivity index (χ1v) is 16.6. The second-order valence-electron chi connectivity index (χ2n) is 12.9. The molecular formula is C46H28N2. The molecular weight excluding hydrogens is 581 g/mol. The molecule has 0 N–H and O–H groups in total. The van der Waals surface area contributed by atoms with E-state index in [1.165, 1.54) is 99.1 Å². The van der Waals surface area contributed by atoms with Gasteiger partial charge in [0, 0.05) is 32.9 Å². The minimum Gasteiger partial charge on any atom is -0.309 e. The van der Waals surface area contributed by atoms with Crippen LogP contribution in [0.4, 0.5) is 0 Å². The van der Waals surface area contributed by atoms with Crippen LogP contribution in [0.3, 0.4) is 0 Å². The van der Waals surface area contributed by atoms with Crippen LogP contribution in [0.25, 0.3) is 99.1 Å². The van der Waals surface area contributed by atoms with Gasteiger partial charge in [-0.3, -0.25) is 0 Å². The van der Waals surface area contributed by atoms with Crippen LogP contribution >= 0.6 is 0 Å². The Morgan fingerprint density at radius 3 is 1.48 bits per heavy atom. The van der Waals surface area contributed by atoms with Gasteiger partial charge in [0.1, 0.15) is 0 Å². The quantitative estimate of drug-likeness (QED) is 0.189. The van der Waals surface area contributed by atoms with E-state index in [9.17, 15) is 0 Å². The largest absolute Gasteiger partial charge is 0.309 e. The fraction of sp³-hybridized carbons (Fsp3) is 0. The predicted molar refractivity (Wildman–Crippen MR) is 202 cm³/mol. The molecule has 2 heteroatoms. The zero-order valence-electron chi connectivity index (χ0n) is 26.1. The van der Waals surface area contributed by atoms with Crippen molar-refractivity contribution in [3.8, 4) is 44.8 Å². The standard InChI is InChI=1S/C46H28N2/c1-2-12-32(13-3-1)47-42-19-8-6-16-36(42)39-26-29(21-23-44(39)47)30-22-24-45-40(27-30)37-17-7-9-20-43(37)48(45)33-25-31-11-10-18-38-34-14-4-5-15-35(34)41(28-33)46(31)38/h1-28H. The highest BCUT2D eigenvalue weighted by atomic mass is 15.0. The lowest BCUT2D eigenvalue weighted by atomic mass is 10.0. The van der Waals surface area contributed by atoms with Crippen LogP contribution < -0.4 is 0 Å². The van der Waals surface area contributed by atoms with E-state index < -0.39 is 0 Å². The van der Waals surface area contributed by atoms with Crippen LogP contribution in [-0.4, -0.2) is 9.13 Å². The minimum absolute atomic E-state index is 1.18. The van der Waals surface area contributed by atoms with E-state index in [2.05, 4.69) is 179 Å². The van der Waals surface area contributed by atoms with Crippen LogP contribution in [0.1, 0.15) is 0 Å². The first kappa shape index (κ1) is 25.8. The third kappa shape index (κ3) is 3.46. The molecule has 0 amide bonds. The SMILES string of the molecule is c1ccc(-n2c3ccccc3c3cc(-c4ccc5c(c4)c4ccccc4n5-c4cc5c6c(cccc6c4)-c4ccccc4-5)ccc32)cc1. The lowest BCUT2D eigenvalue weighted by molar-refractivity contribution is 1.18. The molecule has 0 saturated carbocycles. The minimum atomic E-state index is 1.18. The Kier molecular flexibility index (Phi) is 5.14. The van der Waals surface area contributed by atoms with Crippen LogP contribution in [0, 0.1) is 0 Å². The van der Waals surface area contributed by atoms with Gasteiger partial charge >= 0.3 is 0 Å². The maximum Gasteiger partial charge on any atom is 0.0541 e. The maximum absolute atomic E-state index is 2.45. The van der Waals surface area contributed by atoms with Gasteiger partial charge < -0.3 is 9.13 Å². The molecule has 2 nitrogen and oxygen atoms in total. The van der Waals surface area contributed by atoms with Gasteiger partial charge in [0.25, 0.3) is 0 Å². The van der Waals surface area contributed by atoms with Crippen LogP contribution in [0.15, 0.2) is 170 Å². The zero-order valence-corrected chi connectivity index (χ0v) is 26.1. The van der Waals surface area contributed by atoms with Gasteiger partial charge in [0.05, 0.1) is 22.1 Å². The molecule has 2 aromatic heterocycles. The molecule has 0 atom stereocenters. The third-order valence-electron chi connectivity index (χ3n) is 10.4. The average Bonchev–Trinajstić information content (AvgIpc) is 3.78. The van der Waals surface area contributed by atoms with Crippen molar-refractivity contribution < 1.29 is 0 Å². The van der Waals surface area contributed by atoms with E-state index in [0.29, 0.717) is 0 Å². The van der Waals surface area contributed by atoms with Crippen molar-refractivity contribution in [2.24, 2.45) is 0 Å². The second kappa shape index (κ2) is 9.57. The molecule has 222 valence electrons. The number of rotatable bonds is 3. The summed E-state index contributed by atoms with van der Waals surface area (Å²) in [5, 5.41) is 7.70. The number of nitrogens with zero attached hydrogens (tertiary/aromatic N) is 2. The fourth-order valence-electron chi connectivity index (χ4n) is 8.37. The van der Waals surface area contributed by atoms with Crippen molar-refractivity contribution in [3.63, 3.8) is 0 Å². The van der Waals surface area contributed by atoms with E-state index >= 15 is 0 Å². The zero-order chi connectivity index (χ0) is 31.3. The maximum atomic E-state index is 2.45. The summed E-state index contributed by atoms with van der Waals surface area (Å²) in [6.45, 7) is 0. The van der Waals surface area contributed by atoms with Gasteiger partial charge in [-0.2, -0.15) is 0 Å².